The largest absolute Gasteiger partial charge is 0.325 e. The molecule has 2 aromatic rings. The minimum absolute atomic E-state index is 0.0250. The quantitative estimate of drug-likeness (QED) is 0.850. The molecule has 0 radical (unpaired) electrons. The summed E-state index contributed by atoms with van der Waals surface area (Å²) in [7, 11) is 0. The Morgan fingerprint density at radius 2 is 1.92 bits per heavy atom. The van der Waals surface area contributed by atoms with Gasteiger partial charge in [0.25, 0.3) is 0 Å². The Kier molecular flexibility index (Phi) is 6.12. The molecule has 0 unspecified atom stereocenters. The van der Waals surface area contributed by atoms with Gasteiger partial charge in [0.2, 0.25) is 11.8 Å². The Balaban J connectivity index is 1.52. The standard InChI is InChI=1S/C20H22N2O2S/c23-19(15-25-14-16-7-2-1-3-8-16)21-17-9-6-10-18(13-17)22-12-5-4-11-20(22)24/h1-3,6-10,13H,4-5,11-12,14-15H2,(H,21,23). The molecule has 0 atom stereocenters. The van der Waals surface area contributed by atoms with Crippen molar-refractivity contribution in [3.05, 3.63) is 60.2 Å². The van der Waals surface area contributed by atoms with Crippen LogP contribution in [0.25, 0.3) is 0 Å². The van der Waals surface area contributed by atoms with Crippen molar-refractivity contribution in [1.82, 2.24) is 0 Å². The van der Waals surface area contributed by atoms with Crippen molar-refractivity contribution < 1.29 is 9.59 Å². The van der Waals surface area contributed by atoms with Gasteiger partial charge in [-0.05, 0) is 36.6 Å². The highest BCUT2D eigenvalue weighted by Gasteiger charge is 2.19. The van der Waals surface area contributed by atoms with Gasteiger partial charge in [-0.25, -0.2) is 0 Å². The molecule has 1 fully saturated rings. The number of piperidine rings is 1. The van der Waals surface area contributed by atoms with Crippen LogP contribution < -0.4 is 10.2 Å². The summed E-state index contributed by atoms with van der Waals surface area (Å²) in [6, 6.07) is 17.6. The van der Waals surface area contributed by atoms with Crippen molar-refractivity contribution in [3.63, 3.8) is 0 Å². The second-order valence-corrected chi connectivity index (χ2v) is 7.06. The summed E-state index contributed by atoms with van der Waals surface area (Å²) in [5.74, 6) is 1.36. The van der Waals surface area contributed by atoms with Crippen LogP contribution in [0.1, 0.15) is 24.8 Å². The third kappa shape index (κ3) is 5.10. The number of benzene rings is 2. The van der Waals surface area contributed by atoms with Gasteiger partial charge < -0.3 is 10.2 Å². The van der Waals surface area contributed by atoms with E-state index in [9.17, 15) is 9.59 Å². The number of carbonyl (C=O) groups is 2. The van der Waals surface area contributed by atoms with Crippen molar-refractivity contribution in [1.29, 1.82) is 0 Å². The molecule has 2 amide bonds. The van der Waals surface area contributed by atoms with Crippen LogP contribution in [-0.4, -0.2) is 24.1 Å². The lowest BCUT2D eigenvalue weighted by Crippen LogP contribution is -2.35. The molecule has 1 heterocycles. The predicted octanol–water partition coefficient (Wildman–Crippen LogP) is 4.08. The third-order valence-corrected chi connectivity index (χ3v) is 5.11. The van der Waals surface area contributed by atoms with E-state index < -0.39 is 0 Å². The van der Waals surface area contributed by atoms with Crippen LogP contribution in [0.15, 0.2) is 54.6 Å². The lowest BCUT2D eigenvalue weighted by atomic mass is 10.1. The highest BCUT2D eigenvalue weighted by atomic mass is 32.2. The highest BCUT2D eigenvalue weighted by Crippen LogP contribution is 2.24. The van der Waals surface area contributed by atoms with Crippen LogP contribution >= 0.6 is 11.8 Å². The molecule has 2 aromatic carbocycles. The first kappa shape index (κ1) is 17.5. The number of amides is 2. The number of hydrogen-bond acceptors (Lipinski definition) is 3. The van der Waals surface area contributed by atoms with Crippen molar-refractivity contribution >= 4 is 35.0 Å². The van der Waals surface area contributed by atoms with Crippen LogP contribution in [0.4, 0.5) is 11.4 Å². The lowest BCUT2D eigenvalue weighted by Gasteiger charge is -2.27. The maximum Gasteiger partial charge on any atom is 0.234 e. The number of thioether (sulfide) groups is 1. The summed E-state index contributed by atoms with van der Waals surface area (Å²) < 4.78 is 0. The number of hydrogen-bond donors (Lipinski definition) is 1. The summed E-state index contributed by atoms with van der Waals surface area (Å²) in [4.78, 5) is 26.0. The molecule has 0 aromatic heterocycles. The summed E-state index contributed by atoms with van der Waals surface area (Å²) in [5.41, 5.74) is 2.81. The second kappa shape index (κ2) is 8.72. The van der Waals surface area contributed by atoms with E-state index in [1.165, 1.54) is 5.56 Å². The maximum atomic E-state index is 12.1. The molecule has 4 nitrogen and oxygen atoms in total. The van der Waals surface area contributed by atoms with E-state index in [2.05, 4.69) is 17.4 Å². The van der Waals surface area contributed by atoms with E-state index in [-0.39, 0.29) is 11.8 Å². The summed E-state index contributed by atoms with van der Waals surface area (Å²) in [5, 5.41) is 2.92. The fraction of sp³-hybridized carbons (Fsp3) is 0.300. The van der Waals surface area contributed by atoms with Gasteiger partial charge in [-0.1, -0.05) is 36.4 Å². The molecule has 25 heavy (non-hydrogen) atoms. The predicted molar refractivity (Wildman–Crippen MR) is 104 cm³/mol. The van der Waals surface area contributed by atoms with Crippen LogP contribution in [-0.2, 0) is 15.3 Å². The van der Waals surface area contributed by atoms with Crippen molar-refractivity contribution in [2.24, 2.45) is 0 Å². The Hall–Kier alpha value is -2.27. The van der Waals surface area contributed by atoms with Crippen molar-refractivity contribution in [2.75, 3.05) is 22.5 Å². The number of rotatable bonds is 6. The first-order valence-electron chi connectivity index (χ1n) is 8.54. The summed E-state index contributed by atoms with van der Waals surface area (Å²) >= 11 is 1.59. The van der Waals surface area contributed by atoms with Crippen molar-refractivity contribution in [2.45, 2.75) is 25.0 Å². The van der Waals surface area contributed by atoms with E-state index in [1.54, 1.807) is 11.8 Å². The molecular formula is C20H22N2O2S. The van der Waals surface area contributed by atoms with Crippen LogP contribution in [0.5, 0.6) is 0 Å². The number of nitrogens with one attached hydrogen (secondary N) is 1. The Bertz CT molecular complexity index is 733. The molecule has 0 spiro atoms. The van der Waals surface area contributed by atoms with Crippen molar-refractivity contribution in [3.8, 4) is 0 Å². The molecule has 0 saturated carbocycles. The fourth-order valence-corrected chi connectivity index (χ4v) is 3.65. The zero-order valence-corrected chi connectivity index (χ0v) is 14.9. The molecule has 5 heteroatoms. The molecule has 1 saturated heterocycles. The average Bonchev–Trinajstić information content (AvgIpc) is 2.63. The van der Waals surface area contributed by atoms with Gasteiger partial charge in [0.1, 0.15) is 0 Å². The second-order valence-electron chi connectivity index (χ2n) is 6.08. The maximum absolute atomic E-state index is 12.1. The van der Waals surface area contributed by atoms with Gasteiger partial charge in [-0.15, -0.1) is 11.8 Å². The normalized spacial score (nSPS) is 14.4. The van der Waals surface area contributed by atoms with Crippen LogP contribution in [0.3, 0.4) is 0 Å². The van der Waals surface area contributed by atoms with E-state index in [0.29, 0.717) is 12.2 Å². The monoisotopic (exact) mass is 354 g/mol. The van der Waals surface area contributed by atoms with E-state index in [1.807, 2.05) is 47.4 Å². The first-order valence-corrected chi connectivity index (χ1v) is 9.70. The number of nitrogens with zero attached hydrogens (tertiary/aromatic N) is 1. The van der Waals surface area contributed by atoms with E-state index in [4.69, 9.17) is 0 Å². The SMILES string of the molecule is O=C(CSCc1ccccc1)Nc1cccc(N2CCCCC2=O)c1. The van der Waals surface area contributed by atoms with Crippen LogP contribution in [0.2, 0.25) is 0 Å². The Labute approximate surface area is 152 Å². The van der Waals surface area contributed by atoms with Gasteiger partial charge in [0.05, 0.1) is 5.75 Å². The summed E-state index contributed by atoms with van der Waals surface area (Å²) in [6.45, 7) is 0.753. The number of carbonyl (C=O) groups excluding carboxylic acids is 2. The minimum atomic E-state index is -0.0250. The number of anilines is 2. The zero-order valence-electron chi connectivity index (χ0n) is 14.1. The van der Waals surface area contributed by atoms with Gasteiger partial charge in [0.15, 0.2) is 0 Å². The van der Waals surface area contributed by atoms with Gasteiger partial charge in [-0.3, -0.25) is 9.59 Å². The average molecular weight is 354 g/mol. The van der Waals surface area contributed by atoms with Gasteiger partial charge in [-0.2, -0.15) is 0 Å². The minimum Gasteiger partial charge on any atom is -0.325 e. The van der Waals surface area contributed by atoms with Crippen LogP contribution in [0, 0.1) is 0 Å². The molecule has 130 valence electrons. The third-order valence-electron chi connectivity index (χ3n) is 4.11. The topological polar surface area (TPSA) is 49.4 Å². The molecular weight excluding hydrogens is 332 g/mol. The zero-order chi connectivity index (χ0) is 17.5. The van der Waals surface area contributed by atoms with Gasteiger partial charge in [0, 0.05) is 30.1 Å². The van der Waals surface area contributed by atoms with E-state index in [0.717, 1.165) is 36.5 Å². The molecule has 0 bridgehead atoms. The Morgan fingerprint density at radius 3 is 2.72 bits per heavy atom. The smallest absolute Gasteiger partial charge is 0.234 e. The highest BCUT2D eigenvalue weighted by molar-refractivity contribution is 7.99. The molecule has 3 rings (SSSR count). The Morgan fingerprint density at radius 1 is 1.08 bits per heavy atom. The molecule has 1 aliphatic rings. The molecule has 1 aliphatic heterocycles. The van der Waals surface area contributed by atoms with Gasteiger partial charge >= 0.3 is 0 Å². The molecule has 1 N–H and O–H groups in total. The fourth-order valence-electron chi connectivity index (χ4n) is 2.86. The van der Waals surface area contributed by atoms with E-state index >= 15 is 0 Å². The summed E-state index contributed by atoms with van der Waals surface area (Å²) in [6.07, 6.45) is 2.59. The first-order chi connectivity index (χ1) is 12.2. The molecule has 0 aliphatic carbocycles. The lowest BCUT2D eigenvalue weighted by molar-refractivity contribution is -0.119.